The molecule has 3 amide bonds. The lowest BCUT2D eigenvalue weighted by Gasteiger charge is -2.44. The highest BCUT2D eigenvalue weighted by Crippen LogP contribution is 2.31. The highest BCUT2D eigenvalue weighted by molar-refractivity contribution is 5.95. The number of piperidine rings is 1. The van der Waals surface area contributed by atoms with Gasteiger partial charge in [-0.1, -0.05) is 20.8 Å². The summed E-state index contributed by atoms with van der Waals surface area (Å²) in [4.78, 5) is 40.4. The molecule has 0 unspecified atom stereocenters. The van der Waals surface area contributed by atoms with E-state index in [1.807, 2.05) is 34.6 Å². The van der Waals surface area contributed by atoms with Crippen LogP contribution in [0.5, 0.6) is 0 Å². The summed E-state index contributed by atoms with van der Waals surface area (Å²) in [5.74, 6) is -0.884. The van der Waals surface area contributed by atoms with Crippen LogP contribution in [0.2, 0.25) is 0 Å². The van der Waals surface area contributed by atoms with E-state index < -0.39 is 29.2 Å². The van der Waals surface area contributed by atoms with Crippen LogP contribution in [-0.2, 0) is 14.3 Å². The summed E-state index contributed by atoms with van der Waals surface area (Å²) in [5, 5.41) is 0. The topological polar surface area (TPSA) is 102 Å². The lowest BCUT2D eigenvalue weighted by molar-refractivity contribution is -0.136. The van der Waals surface area contributed by atoms with Crippen LogP contribution < -0.4 is 5.73 Å². The Morgan fingerprint density at radius 3 is 2.48 bits per heavy atom. The molecule has 0 aliphatic carbocycles. The number of amides is 3. The average Bonchev–Trinajstić information content (AvgIpc) is 2.93. The maximum atomic E-state index is 13.1. The van der Waals surface area contributed by atoms with Gasteiger partial charge in [0.05, 0.1) is 12.0 Å². The number of imide groups is 1. The van der Waals surface area contributed by atoms with Gasteiger partial charge in [0.2, 0.25) is 5.91 Å². The highest BCUT2D eigenvalue weighted by Gasteiger charge is 2.48. The number of carbonyl (C=O) groups excluding carboxylic acids is 3. The minimum atomic E-state index is -0.920. The van der Waals surface area contributed by atoms with Crippen molar-refractivity contribution in [3.63, 3.8) is 0 Å². The van der Waals surface area contributed by atoms with E-state index in [1.165, 1.54) is 4.90 Å². The Morgan fingerprint density at radius 1 is 1.30 bits per heavy atom. The van der Waals surface area contributed by atoms with Gasteiger partial charge in [0, 0.05) is 18.6 Å². The third kappa shape index (κ3) is 4.72. The van der Waals surface area contributed by atoms with E-state index in [1.54, 1.807) is 11.8 Å². The Balaban J connectivity index is 2.14. The number of cyclic esters (lactones) is 1. The average molecular weight is 383 g/mol. The van der Waals surface area contributed by atoms with E-state index in [9.17, 15) is 14.4 Å². The molecule has 2 saturated heterocycles. The van der Waals surface area contributed by atoms with E-state index in [-0.39, 0.29) is 31.0 Å². The Labute approximate surface area is 161 Å². The van der Waals surface area contributed by atoms with E-state index >= 15 is 0 Å². The van der Waals surface area contributed by atoms with Crippen LogP contribution in [0.3, 0.4) is 0 Å². The van der Waals surface area contributed by atoms with Gasteiger partial charge in [-0.05, 0) is 39.5 Å². The number of carbonyl (C=O) groups is 3. The molecule has 27 heavy (non-hydrogen) atoms. The van der Waals surface area contributed by atoms with Gasteiger partial charge in [0.1, 0.15) is 12.2 Å². The molecule has 2 aliphatic rings. The van der Waals surface area contributed by atoms with E-state index in [0.29, 0.717) is 19.4 Å². The molecule has 2 aliphatic heterocycles. The van der Waals surface area contributed by atoms with E-state index in [0.717, 1.165) is 0 Å². The lowest BCUT2D eigenvalue weighted by Crippen LogP contribution is -2.63. The van der Waals surface area contributed by atoms with Gasteiger partial charge < -0.3 is 20.1 Å². The van der Waals surface area contributed by atoms with Crippen molar-refractivity contribution in [2.24, 2.45) is 17.6 Å². The molecular weight excluding hydrogens is 350 g/mol. The first kappa shape index (κ1) is 21.5. The Hall–Kier alpha value is -1.83. The fraction of sp³-hybridized carbons (Fsp3) is 0.842. The highest BCUT2D eigenvalue weighted by atomic mass is 16.6. The third-order valence-corrected chi connectivity index (χ3v) is 5.35. The summed E-state index contributed by atoms with van der Waals surface area (Å²) in [7, 11) is 0. The smallest absolute Gasteiger partial charge is 0.416 e. The lowest BCUT2D eigenvalue weighted by atomic mass is 9.78. The van der Waals surface area contributed by atoms with Crippen molar-refractivity contribution in [2.75, 3.05) is 19.7 Å². The first-order valence-corrected chi connectivity index (χ1v) is 9.62. The zero-order valence-corrected chi connectivity index (χ0v) is 17.3. The molecule has 2 fully saturated rings. The van der Waals surface area contributed by atoms with E-state index in [4.69, 9.17) is 15.2 Å². The van der Waals surface area contributed by atoms with Gasteiger partial charge >= 0.3 is 12.2 Å². The fourth-order valence-electron chi connectivity index (χ4n) is 3.58. The third-order valence-electron chi connectivity index (χ3n) is 5.35. The molecule has 0 bridgehead atoms. The number of hydrogen-bond acceptors (Lipinski definition) is 6. The summed E-state index contributed by atoms with van der Waals surface area (Å²) in [5.41, 5.74) is 5.06. The number of nitrogens with two attached hydrogens (primary N) is 1. The van der Waals surface area contributed by atoms with Gasteiger partial charge in [-0.15, -0.1) is 0 Å². The van der Waals surface area contributed by atoms with Crippen molar-refractivity contribution in [1.29, 1.82) is 0 Å². The van der Waals surface area contributed by atoms with Gasteiger partial charge in [-0.2, -0.15) is 0 Å². The monoisotopic (exact) mass is 383 g/mol. The second-order valence-electron chi connectivity index (χ2n) is 9.06. The summed E-state index contributed by atoms with van der Waals surface area (Å²) >= 11 is 0. The van der Waals surface area contributed by atoms with Crippen LogP contribution in [0, 0.1) is 11.8 Å². The van der Waals surface area contributed by atoms with Crippen LogP contribution in [0.1, 0.15) is 54.4 Å². The SMILES string of the molecule is CC(C)[C@H]1COC(=O)N1C(=O)[C@@H](C)[C@]1(N)CCCN(C(=O)OC(C)(C)C)C1. The quantitative estimate of drug-likeness (QED) is 0.803. The van der Waals surface area contributed by atoms with Crippen LogP contribution in [-0.4, -0.2) is 64.8 Å². The molecule has 2 heterocycles. The van der Waals surface area contributed by atoms with Crippen molar-refractivity contribution < 1.29 is 23.9 Å². The van der Waals surface area contributed by atoms with Gasteiger partial charge in [-0.3, -0.25) is 4.79 Å². The largest absolute Gasteiger partial charge is 0.447 e. The molecule has 3 atom stereocenters. The minimum absolute atomic E-state index is 0.0888. The Kier molecular flexibility index (Phi) is 6.09. The molecule has 0 spiro atoms. The number of nitrogens with zero attached hydrogens (tertiary/aromatic N) is 2. The second kappa shape index (κ2) is 7.66. The number of rotatable bonds is 3. The standard InChI is InChI=1S/C19H33N3O5/c1-12(2)14-10-26-17(25)22(14)15(23)13(3)19(20)8-7-9-21(11-19)16(24)27-18(4,5)6/h12-14H,7-11,20H2,1-6H3/t13-,14-,19+/m1/s1. The Morgan fingerprint density at radius 2 is 1.93 bits per heavy atom. The maximum Gasteiger partial charge on any atom is 0.416 e. The zero-order chi connectivity index (χ0) is 20.6. The maximum absolute atomic E-state index is 13.1. The van der Waals surface area contributed by atoms with Crippen molar-refractivity contribution in [1.82, 2.24) is 9.80 Å². The van der Waals surface area contributed by atoms with Gasteiger partial charge in [-0.25, -0.2) is 14.5 Å². The molecule has 0 aromatic carbocycles. The first-order chi connectivity index (χ1) is 12.4. The van der Waals surface area contributed by atoms with Gasteiger partial charge in [0.25, 0.3) is 0 Å². The first-order valence-electron chi connectivity index (χ1n) is 9.62. The fourth-order valence-corrected chi connectivity index (χ4v) is 3.58. The van der Waals surface area contributed by atoms with Crippen molar-refractivity contribution >= 4 is 18.1 Å². The zero-order valence-electron chi connectivity index (χ0n) is 17.3. The molecular formula is C19H33N3O5. The molecule has 8 nitrogen and oxygen atoms in total. The molecule has 154 valence electrons. The number of ether oxygens (including phenoxy) is 2. The van der Waals surface area contributed by atoms with Crippen molar-refractivity contribution in [3.05, 3.63) is 0 Å². The second-order valence-corrected chi connectivity index (χ2v) is 9.06. The number of likely N-dealkylation sites (tertiary alicyclic amines) is 1. The molecule has 0 radical (unpaired) electrons. The normalized spacial score (nSPS) is 27.6. The predicted molar refractivity (Wildman–Crippen MR) is 99.9 cm³/mol. The summed E-state index contributed by atoms with van der Waals surface area (Å²) < 4.78 is 10.5. The van der Waals surface area contributed by atoms with Crippen LogP contribution in [0.15, 0.2) is 0 Å². The van der Waals surface area contributed by atoms with Crippen LogP contribution in [0.4, 0.5) is 9.59 Å². The summed E-state index contributed by atoms with van der Waals surface area (Å²) in [6.45, 7) is 12.0. The Bertz CT molecular complexity index is 601. The molecule has 0 aromatic heterocycles. The molecule has 2 rings (SSSR count). The molecule has 2 N–H and O–H groups in total. The molecule has 8 heteroatoms. The number of hydrogen-bond donors (Lipinski definition) is 1. The van der Waals surface area contributed by atoms with Crippen molar-refractivity contribution in [2.45, 2.75) is 71.6 Å². The van der Waals surface area contributed by atoms with Gasteiger partial charge in [0.15, 0.2) is 0 Å². The van der Waals surface area contributed by atoms with Crippen LogP contribution in [0.25, 0.3) is 0 Å². The van der Waals surface area contributed by atoms with E-state index in [2.05, 4.69) is 0 Å². The molecule has 0 aromatic rings. The summed E-state index contributed by atoms with van der Waals surface area (Å²) in [6, 6.07) is -0.290. The summed E-state index contributed by atoms with van der Waals surface area (Å²) in [6.07, 6.45) is 0.214. The molecule has 0 saturated carbocycles. The van der Waals surface area contributed by atoms with Crippen molar-refractivity contribution in [3.8, 4) is 0 Å². The van der Waals surface area contributed by atoms with Crippen LogP contribution >= 0.6 is 0 Å². The minimum Gasteiger partial charge on any atom is -0.447 e. The predicted octanol–water partition coefficient (Wildman–Crippen LogP) is 2.35.